The zero-order valence-electron chi connectivity index (χ0n) is 12.8. The molecule has 0 heterocycles. The number of hydrogen-bond acceptors (Lipinski definition) is 4. The lowest BCUT2D eigenvalue weighted by Crippen LogP contribution is -2.31. The number of carbonyl (C=O) groups is 1. The maximum Gasteiger partial charge on any atom is 0.421 e. The van der Waals surface area contributed by atoms with E-state index < -0.39 is 17.8 Å². The van der Waals surface area contributed by atoms with Crippen molar-refractivity contribution in [3.63, 3.8) is 0 Å². The van der Waals surface area contributed by atoms with E-state index in [9.17, 15) is 18.0 Å². The molecule has 1 amide bonds. The first-order chi connectivity index (χ1) is 11.8. The summed E-state index contributed by atoms with van der Waals surface area (Å²) in [4.78, 5) is 10.8. The zero-order chi connectivity index (χ0) is 18.4. The number of alkyl halides is 3. The minimum Gasteiger partial charge on any atom is -0.457 e. The molecule has 0 fully saturated rings. The summed E-state index contributed by atoms with van der Waals surface area (Å²) in [5.41, 5.74) is 1.79. The third kappa shape index (κ3) is 5.84. The standard InChI is InChI=1S/C16H14ClF3N2O3/c17-12-7-11(16(18,19)20)8-14(9-12)25-13-3-1-10(2-4-13)5-6-24-15(23)22-21/h1-4,7-9H,5-6,21H2,(H,22,23). The van der Waals surface area contributed by atoms with Crippen LogP contribution in [0.15, 0.2) is 42.5 Å². The van der Waals surface area contributed by atoms with Gasteiger partial charge >= 0.3 is 12.3 Å². The van der Waals surface area contributed by atoms with Gasteiger partial charge in [-0.1, -0.05) is 23.7 Å². The molecule has 0 spiro atoms. The third-order valence-electron chi connectivity index (χ3n) is 3.10. The van der Waals surface area contributed by atoms with Crippen molar-refractivity contribution < 1.29 is 27.4 Å². The van der Waals surface area contributed by atoms with Crippen LogP contribution in [-0.2, 0) is 17.3 Å². The molecule has 25 heavy (non-hydrogen) atoms. The fourth-order valence-electron chi connectivity index (χ4n) is 1.95. The molecule has 9 heteroatoms. The van der Waals surface area contributed by atoms with E-state index in [1.807, 2.05) is 5.43 Å². The number of nitrogens with two attached hydrogens (primary N) is 1. The summed E-state index contributed by atoms with van der Waals surface area (Å²) in [6.45, 7) is 0.131. The SMILES string of the molecule is NNC(=O)OCCc1ccc(Oc2cc(Cl)cc(C(F)(F)F)c2)cc1. The Hall–Kier alpha value is -2.45. The summed E-state index contributed by atoms with van der Waals surface area (Å²) in [7, 11) is 0. The fourth-order valence-corrected chi connectivity index (χ4v) is 2.17. The molecule has 0 aliphatic rings. The maximum absolute atomic E-state index is 12.8. The predicted octanol–water partition coefficient (Wildman–Crippen LogP) is 4.29. The number of rotatable bonds is 5. The molecule has 0 radical (unpaired) electrons. The second-order valence-electron chi connectivity index (χ2n) is 4.95. The van der Waals surface area contributed by atoms with E-state index in [0.717, 1.165) is 17.7 Å². The van der Waals surface area contributed by atoms with Gasteiger partial charge in [-0.25, -0.2) is 10.6 Å². The first-order valence-electron chi connectivity index (χ1n) is 7.06. The molecule has 0 saturated carbocycles. The van der Waals surface area contributed by atoms with E-state index in [0.29, 0.717) is 12.2 Å². The van der Waals surface area contributed by atoms with Crippen molar-refractivity contribution >= 4 is 17.7 Å². The number of ether oxygens (including phenoxy) is 2. The van der Waals surface area contributed by atoms with Gasteiger partial charge in [0.2, 0.25) is 0 Å². The molecule has 0 aliphatic carbocycles. The predicted molar refractivity (Wildman–Crippen MR) is 85.3 cm³/mol. The first-order valence-corrected chi connectivity index (χ1v) is 7.43. The van der Waals surface area contributed by atoms with Gasteiger partial charge in [0.1, 0.15) is 11.5 Å². The van der Waals surface area contributed by atoms with Gasteiger partial charge in [0, 0.05) is 11.4 Å². The van der Waals surface area contributed by atoms with E-state index in [2.05, 4.69) is 0 Å². The molecule has 0 bridgehead atoms. The Morgan fingerprint density at radius 1 is 1.12 bits per heavy atom. The van der Waals surface area contributed by atoms with Gasteiger partial charge in [-0.2, -0.15) is 13.2 Å². The van der Waals surface area contributed by atoms with E-state index in [4.69, 9.17) is 26.9 Å². The molecular formula is C16H14ClF3N2O3. The second kappa shape index (κ2) is 8.09. The third-order valence-corrected chi connectivity index (χ3v) is 3.32. The number of amides is 1. The van der Waals surface area contributed by atoms with Crippen LogP contribution in [-0.4, -0.2) is 12.7 Å². The van der Waals surface area contributed by atoms with Gasteiger partial charge in [-0.05, 0) is 35.9 Å². The molecule has 134 valence electrons. The van der Waals surface area contributed by atoms with Gasteiger partial charge in [0.25, 0.3) is 0 Å². The molecule has 3 N–H and O–H groups in total. The lowest BCUT2D eigenvalue weighted by atomic mass is 10.1. The topological polar surface area (TPSA) is 73.6 Å². The summed E-state index contributed by atoms with van der Waals surface area (Å²) < 4.78 is 48.5. The molecule has 2 aromatic carbocycles. The van der Waals surface area contributed by atoms with Crippen molar-refractivity contribution in [1.29, 1.82) is 0 Å². The van der Waals surface area contributed by atoms with E-state index >= 15 is 0 Å². The van der Waals surface area contributed by atoms with Crippen molar-refractivity contribution in [2.45, 2.75) is 12.6 Å². The molecule has 0 aliphatic heterocycles. The largest absolute Gasteiger partial charge is 0.457 e. The zero-order valence-corrected chi connectivity index (χ0v) is 13.5. The number of halogens is 4. The molecule has 2 rings (SSSR count). The van der Waals surface area contributed by atoms with Crippen LogP contribution in [0.5, 0.6) is 11.5 Å². The Morgan fingerprint density at radius 2 is 1.80 bits per heavy atom. The number of benzene rings is 2. The van der Waals surface area contributed by atoms with Crippen LogP contribution in [0.25, 0.3) is 0 Å². The highest BCUT2D eigenvalue weighted by atomic mass is 35.5. The molecule has 5 nitrogen and oxygen atoms in total. The Morgan fingerprint density at radius 3 is 2.40 bits per heavy atom. The number of carbonyl (C=O) groups excluding carboxylic acids is 1. The second-order valence-corrected chi connectivity index (χ2v) is 5.39. The number of hydrogen-bond donors (Lipinski definition) is 2. The average Bonchev–Trinajstić information content (AvgIpc) is 2.55. The highest BCUT2D eigenvalue weighted by Crippen LogP contribution is 2.35. The van der Waals surface area contributed by atoms with Crippen molar-refractivity contribution in [2.75, 3.05) is 6.61 Å². The van der Waals surface area contributed by atoms with Gasteiger partial charge < -0.3 is 9.47 Å². The number of hydrazine groups is 1. The molecule has 2 aromatic rings. The van der Waals surface area contributed by atoms with Crippen molar-refractivity contribution in [3.8, 4) is 11.5 Å². The number of nitrogens with one attached hydrogen (secondary N) is 1. The summed E-state index contributed by atoms with van der Waals surface area (Å²) in [6, 6.07) is 9.58. The van der Waals surface area contributed by atoms with Crippen molar-refractivity contribution in [1.82, 2.24) is 5.43 Å². The van der Waals surface area contributed by atoms with Crippen LogP contribution >= 0.6 is 11.6 Å². The van der Waals surface area contributed by atoms with Crippen LogP contribution < -0.4 is 16.0 Å². The van der Waals surface area contributed by atoms with Gasteiger partial charge in [-0.15, -0.1) is 0 Å². The molecule has 0 saturated heterocycles. The summed E-state index contributed by atoms with van der Waals surface area (Å²) >= 11 is 5.71. The van der Waals surface area contributed by atoms with Gasteiger partial charge in [0.05, 0.1) is 12.2 Å². The Kier molecular flexibility index (Phi) is 6.11. The molecular weight excluding hydrogens is 361 g/mol. The summed E-state index contributed by atoms with van der Waals surface area (Å²) in [5, 5.41) is -0.0724. The average molecular weight is 375 g/mol. The minimum atomic E-state index is -4.51. The quantitative estimate of drug-likeness (QED) is 0.465. The molecule has 0 atom stereocenters. The smallest absolute Gasteiger partial charge is 0.421 e. The Labute approximate surface area is 146 Å². The van der Waals surface area contributed by atoms with Crippen molar-refractivity contribution in [2.24, 2.45) is 5.84 Å². The molecule has 0 aromatic heterocycles. The Balaban J connectivity index is 2.01. The van der Waals surface area contributed by atoms with Crippen LogP contribution in [0.4, 0.5) is 18.0 Å². The molecule has 0 unspecified atom stereocenters. The van der Waals surface area contributed by atoms with E-state index in [1.165, 1.54) is 6.07 Å². The summed E-state index contributed by atoms with van der Waals surface area (Å²) in [5.74, 6) is 5.20. The Bertz CT molecular complexity index is 736. The van der Waals surface area contributed by atoms with Crippen molar-refractivity contribution in [3.05, 3.63) is 58.6 Å². The minimum absolute atomic E-state index is 0.0180. The van der Waals surface area contributed by atoms with Gasteiger partial charge in [0.15, 0.2) is 0 Å². The maximum atomic E-state index is 12.8. The van der Waals surface area contributed by atoms with E-state index in [-0.39, 0.29) is 17.4 Å². The van der Waals surface area contributed by atoms with Crippen LogP contribution in [0, 0.1) is 0 Å². The lowest BCUT2D eigenvalue weighted by Gasteiger charge is -2.11. The first kappa shape index (κ1) is 18.9. The fraction of sp³-hybridized carbons (Fsp3) is 0.188. The highest BCUT2D eigenvalue weighted by molar-refractivity contribution is 6.30. The highest BCUT2D eigenvalue weighted by Gasteiger charge is 2.31. The lowest BCUT2D eigenvalue weighted by molar-refractivity contribution is -0.137. The van der Waals surface area contributed by atoms with E-state index in [1.54, 1.807) is 24.3 Å². The van der Waals surface area contributed by atoms with Crippen LogP contribution in [0.1, 0.15) is 11.1 Å². The summed E-state index contributed by atoms with van der Waals surface area (Å²) in [6.07, 6.45) is -4.80. The van der Waals surface area contributed by atoms with Crippen LogP contribution in [0.2, 0.25) is 5.02 Å². The van der Waals surface area contributed by atoms with Crippen LogP contribution in [0.3, 0.4) is 0 Å². The van der Waals surface area contributed by atoms with Gasteiger partial charge in [-0.3, -0.25) is 5.43 Å². The monoisotopic (exact) mass is 374 g/mol. The normalized spacial score (nSPS) is 11.1.